The molecule has 1 aromatic rings. The summed E-state index contributed by atoms with van der Waals surface area (Å²) in [5, 5.41) is 0. The topological polar surface area (TPSA) is 0 Å². The normalized spacial score (nSPS) is 11.9. The van der Waals surface area contributed by atoms with Crippen molar-refractivity contribution in [3.8, 4) is 0 Å². The molecule has 0 amide bonds. The van der Waals surface area contributed by atoms with Crippen LogP contribution in [0.5, 0.6) is 0 Å². The molecule has 0 aliphatic rings. The second kappa shape index (κ2) is 4.38. The molecule has 0 spiro atoms. The number of rotatable bonds is 3. The van der Waals surface area contributed by atoms with E-state index in [1.807, 2.05) is 0 Å². The predicted molar refractivity (Wildman–Crippen MR) is 68.4 cm³/mol. The molecule has 0 heteroatoms. The lowest BCUT2D eigenvalue weighted by molar-refractivity contribution is 0.348. The smallest absolute Gasteiger partial charge is 0.0222 e. The van der Waals surface area contributed by atoms with Crippen LogP contribution < -0.4 is 0 Å². The predicted octanol–water partition coefficient (Wildman–Crippen LogP) is 4.59. The second-order valence-electron chi connectivity index (χ2n) is 5.50. The maximum Gasteiger partial charge on any atom is -0.0222 e. The van der Waals surface area contributed by atoms with Gasteiger partial charge in [-0.25, -0.2) is 0 Å². The fourth-order valence-electron chi connectivity index (χ4n) is 1.88. The molecule has 0 unspecified atom stereocenters. The van der Waals surface area contributed by atoms with E-state index in [0.717, 1.165) is 0 Å². The van der Waals surface area contributed by atoms with Gasteiger partial charge in [-0.2, -0.15) is 0 Å². The third-order valence-electron chi connectivity index (χ3n) is 3.72. The second-order valence-corrected chi connectivity index (χ2v) is 5.50. The quantitative estimate of drug-likeness (QED) is 0.675. The van der Waals surface area contributed by atoms with E-state index in [2.05, 4.69) is 53.7 Å². The molecule has 0 nitrogen and oxygen atoms in total. The molecule has 0 heterocycles. The summed E-state index contributed by atoms with van der Waals surface area (Å²) >= 11 is 0. The van der Waals surface area contributed by atoms with E-state index in [9.17, 15) is 0 Å². The Bertz CT molecular complexity index is 345. The Morgan fingerprint density at radius 2 is 1.53 bits per heavy atom. The van der Waals surface area contributed by atoms with Crippen molar-refractivity contribution in [2.75, 3.05) is 0 Å². The number of hydrogen-bond acceptors (Lipinski definition) is 0. The summed E-state index contributed by atoms with van der Waals surface area (Å²) in [6.45, 7) is 13.7. The van der Waals surface area contributed by atoms with Crippen molar-refractivity contribution in [3.05, 3.63) is 34.4 Å². The van der Waals surface area contributed by atoms with Crippen LogP contribution in [-0.2, 0) is 6.42 Å². The SMILES string of the molecule is CCC(C)(C)Cc1c(C)ccc(C)c1C. The summed E-state index contributed by atoms with van der Waals surface area (Å²) < 4.78 is 0. The van der Waals surface area contributed by atoms with Crippen molar-refractivity contribution < 1.29 is 0 Å². The van der Waals surface area contributed by atoms with Gasteiger partial charge < -0.3 is 0 Å². The highest BCUT2D eigenvalue weighted by molar-refractivity contribution is 5.39. The first kappa shape index (κ1) is 12.3. The van der Waals surface area contributed by atoms with Crippen LogP contribution >= 0.6 is 0 Å². The van der Waals surface area contributed by atoms with Crippen molar-refractivity contribution >= 4 is 0 Å². The molecule has 0 aliphatic carbocycles. The number of aryl methyl sites for hydroxylation is 2. The lowest BCUT2D eigenvalue weighted by Gasteiger charge is -2.25. The molecule has 0 atom stereocenters. The summed E-state index contributed by atoms with van der Waals surface area (Å²) in [6, 6.07) is 4.48. The van der Waals surface area contributed by atoms with Gasteiger partial charge in [0.1, 0.15) is 0 Å². The Hall–Kier alpha value is -0.780. The van der Waals surface area contributed by atoms with Crippen LogP contribution in [0.25, 0.3) is 0 Å². The van der Waals surface area contributed by atoms with Crippen molar-refractivity contribution in [3.63, 3.8) is 0 Å². The molecule has 84 valence electrons. The molecule has 0 saturated heterocycles. The van der Waals surface area contributed by atoms with Gasteiger partial charge in [-0.15, -0.1) is 0 Å². The lowest BCUT2D eigenvalue weighted by atomic mass is 9.80. The molecule has 0 saturated carbocycles. The maximum atomic E-state index is 2.36. The van der Waals surface area contributed by atoms with Crippen LogP contribution in [0.15, 0.2) is 12.1 Å². The third-order valence-corrected chi connectivity index (χ3v) is 3.72. The number of hydrogen-bond donors (Lipinski definition) is 0. The molecule has 1 aromatic carbocycles. The van der Waals surface area contributed by atoms with Crippen LogP contribution in [0, 0.1) is 26.2 Å². The fourth-order valence-corrected chi connectivity index (χ4v) is 1.88. The number of benzene rings is 1. The molecule has 15 heavy (non-hydrogen) atoms. The highest BCUT2D eigenvalue weighted by Crippen LogP contribution is 2.29. The Morgan fingerprint density at radius 3 is 2.07 bits per heavy atom. The van der Waals surface area contributed by atoms with Gasteiger partial charge in [0.15, 0.2) is 0 Å². The van der Waals surface area contributed by atoms with Crippen LogP contribution in [0.3, 0.4) is 0 Å². The van der Waals surface area contributed by atoms with Crippen LogP contribution in [-0.4, -0.2) is 0 Å². The van der Waals surface area contributed by atoms with Crippen molar-refractivity contribution in [1.29, 1.82) is 0 Å². The van der Waals surface area contributed by atoms with E-state index >= 15 is 0 Å². The van der Waals surface area contributed by atoms with E-state index in [1.54, 1.807) is 5.56 Å². The summed E-state index contributed by atoms with van der Waals surface area (Å²) in [5.74, 6) is 0. The fraction of sp³-hybridized carbons (Fsp3) is 0.600. The average molecular weight is 204 g/mol. The molecule has 0 radical (unpaired) electrons. The van der Waals surface area contributed by atoms with Crippen molar-refractivity contribution in [2.45, 2.75) is 54.4 Å². The maximum absolute atomic E-state index is 2.36. The summed E-state index contributed by atoms with van der Waals surface area (Å²) in [7, 11) is 0. The molecule has 1 rings (SSSR count). The largest absolute Gasteiger partial charge is 0.0649 e. The molecule has 0 aromatic heterocycles. The molecular formula is C15H24. The van der Waals surface area contributed by atoms with Crippen LogP contribution in [0.4, 0.5) is 0 Å². The first-order valence-electron chi connectivity index (χ1n) is 5.93. The van der Waals surface area contributed by atoms with E-state index in [-0.39, 0.29) is 0 Å². The lowest BCUT2D eigenvalue weighted by Crippen LogP contribution is -2.15. The van der Waals surface area contributed by atoms with Crippen molar-refractivity contribution in [1.82, 2.24) is 0 Å². The highest BCUT2D eigenvalue weighted by Gasteiger charge is 2.18. The molecule has 0 bridgehead atoms. The first-order chi connectivity index (χ1) is 6.87. The van der Waals surface area contributed by atoms with Gasteiger partial charge in [0.2, 0.25) is 0 Å². The minimum absolute atomic E-state index is 0.420. The zero-order valence-electron chi connectivity index (χ0n) is 11.1. The molecular weight excluding hydrogens is 180 g/mol. The Kier molecular flexibility index (Phi) is 3.59. The van der Waals surface area contributed by atoms with Gasteiger partial charge >= 0.3 is 0 Å². The Labute approximate surface area is 94.7 Å². The molecule has 0 N–H and O–H groups in total. The standard InChI is InChI=1S/C15H24/c1-7-15(5,6)10-14-12(3)9-8-11(2)13(14)4/h8-9H,7,10H2,1-6H3. The van der Waals surface area contributed by atoms with Gasteiger partial charge in [0.05, 0.1) is 0 Å². The zero-order valence-corrected chi connectivity index (χ0v) is 11.1. The molecule has 0 aliphatic heterocycles. The van der Waals surface area contributed by atoms with Crippen LogP contribution in [0.2, 0.25) is 0 Å². The van der Waals surface area contributed by atoms with Crippen LogP contribution in [0.1, 0.15) is 49.4 Å². The summed E-state index contributed by atoms with van der Waals surface area (Å²) in [4.78, 5) is 0. The first-order valence-corrected chi connectivity index (χ1v) is 5.93. The van der Waals surface area contributed by atoms with E-state index in [1.165, 1.54) is 29.5 Å². The third kappa shape index (κ3) is 2.84. The van der Waals surface area contributed by atoms with Gasteiger partial charge in [-0.1, -0.05) is 39.3 Å². The van der Waals surface area contributed by atoms with Crippen molar-refractivity contribution in [2.24, 2.45) is 5.41 Å². The average Bonchev–Trinajstić information content (AvgIpc) is 2.19. The van der Waals surface area contributed by atoms with E-state index in [0.29, 0.717) is 5.41 Å². The summed E-state index contributed by atoms with van der Waals surface area (Å²) in [6.07, 6.45) is 2.43. The molecule has 0 fully saturated rings. The minimum Gasteiger partial charge on any atom is -0.0649 e. The van der Waals surface area contributed by atoms with Gasteiger partial charge in [0, 0.05) is 0 Å². The van der Waals surface area contributed by atoms with Gasteiger partial charge in [0.25, 0.3) is 0 Å². The zero-order chi connectivity index (χ0) is 11.6. The highest BCUT2D eigenvalue weighted by atomic mass is 14.2. The summed E-state index contributed by atoms with van der Waals surface area (Å²) in [5.41, 5.74) is 6.32. The minimum atomic E-state index is 0.420. The van der Waals surface area contributed by atoms with Gasteiger partial charge in [-0.3, -0.25) is 0 Å². The Morgan fingerprint density at radius 1 is 1.00 bits per heavy atom. The van der Waals surface area contributed by atoms with Gasteiger partial charge in [-0.05, 0) is 54.9 Å². The Balaban J connectivity index is 3.09. The van der Waals surface area contributed by atoms with E-state index < -0.39 is 0 Å². The monoisotopic (exact) mass is 204 g/mol. The van der Waals surface area contributed by atoms with E-state index in [4.69, 9.17) is 0 Å².